The molecule has 0 radical (unpaired) electrons. The summed E-state index contributed by atoms with van der Waals surface area (Å²) in [4.78, 5) is 31.1. The summed E-state index contributed by atoms with van der Waals surface area (Å²) in [5.74, 6) is 0.326. The van der Waals surface area contributed by atoms with Crippen LogP contribution < -0.4 is 5.32 Å². The highest BCUT2D eigenvalue weighted by Crippen LogP contribution is 2.33. The number of benzene rings is 1. The Morgan fingerprint density at radius 1 is 1.33 bits per heavy atom. The van der Waals surface area contributed by atoms with Gasteiger partial charge in [0.2, 0.25) is 17.8 Å². The zero-order valence-corrected chi connectivity index (χ0v) is 13.9. The molecule has 4 rings (SSSR count). The quantitative estimate of drug-likeness (QED) is 0.917. The largest absolute Gasteiger partial charge is 0.339 e. The summed E-state index contributed by atoms with van der Waals surface area (Å²) >= 11 is 0. The van der Waals surface area contributed by atoms with Crippen molar-refractivity contribution < 1.29 is 9.59 Å². The van der Waals surface area contributed by atoms with Crippen LogP contribution in [0.3, 0.4) is 0 Å². The van der Waals surface area contributed by atoms with Gasteiger partial charge < -0.3 is 9.47 Å². The standard InChI is InChI=1S/C18H22N4O2/c1-2-9-21-15-6-4-3-5-14(15)19-18(21)20-17(24)12-10-16(23)22(11-12)13-7-8-13/h3-6,12-13H,2,7-11H2,1H3,(H,19,20,24)/t12-/m0/s1. The number of hydrogen-bond donors (Lipinski definition) is 1. The molecule has 1 atom stereocenters. The predicted octanol–water partition coefficient (Wildman–Crippen LogP) is 2.40. The molecule has 0 bridgehead atoms. The molecule has 1 N–H and O–H groups in total. The second kappa shape index (κ2) is 5.92. The fraction of sp³-hybridized carbons (Fsp3) is 0.500. The summed E-state index contributed by atoms with van der Waals surface area (Å²) in [7, 11) is 0. The Labute approximate surface area is 140 Å². The van der Waals surface area contributed by atoms with Crippen LogP contribution in [0.2, 0.25) is 0 Å². The molecule has 1 aliphatic heterocycles. The highest BCUT2D eigenvalue weighted by molar-refractivity contribution is 5.97. The number of aryl methyl sites for hydroxylation is 1. The smallest absolute Gasteiger partial charge is 0.232 e. The first-order valence-electron chi connectivity index (χ1n) is 8.73. The summed E-state index contributed by atoms with van der Waals surface area (Å²) in [6.07, 6.45) is 3.43. The van der Waals surface area contributed by atoms with Gasteiger partial charge in [-0.05, 0) is 31.4 Å². The molecule has 2 fully saturated rings. The number of anilines is 1. The zero-order chi connectivity index (χ0) is 16.7. The molecule has 1 aromatic heterocycles. The van der Waals surface area contributed by atoms with Gasteiger partial charge in [-0.3, -0.25) is 14.9 Å². The van der Waals surface area contributed by atoms with Crippen LogP contribution in [0.1, 0.15) is 32.6 Å². The number of aromatic nitrogens is 2. The molecule has 1 saturated carbocycles. The van der Waals surface area contributed by atoms with E-state index in [0.717, 1.165) is 36.8 Å². The van der Waals surface area contributed by atoms with E-state index in [-0.39, 0.29) is 17.7 Å². The lowest BCUT2D eigenvalue weighted by Gasteiger charge is -2.15. The molecule has 1 saturated heterocycles. The number of amides is 2. The van der Waals surface area contributed by atoms with Crippen molar-refractivity contribution in [3.63, 3.8) is 0 Å². The Morgan fingerprint density at radius 2 is 2.12 bits per heavy atom. The van der Waals surface area contributed by atoms with Gasteiger partial charge in [-0.15, -0.1) is 0 Å². The van der Waals surface area contributed by atoms with Gasteiger partial charge >= 0.3 is 0 Å². The normalized spacial score (nSPS) is 20.8. The second-order valence-corrected chi connectivity index (χ2v) is 6.74. The van der Waals surface area contributed by atoms with Crippen molar-refractivity contribution in [2.75, 3.05) is 11.9 Å². The molecular weight excluding hydrogens is 304 g/mol. The Bertz CT molecular complexity index is 793. The van der Waals surface area contributed by atoms with Crippen molar-refractivity contribution in [2.45, 2.75) is 45.2 Å². The minimum absolute atomic E-state index is 0.0980. The molecule has 1 aliphatic carbocycles. The molecule has 126 valence electrons. The molecular formula is C18H22N4O2. The third kappa shape index (κ3) is 2.66. The zero-order valence-electron chi connectivity index (χ0n) is 13.9. The van der Waals surface area contributed by atoms with Crippen LogP contribution in [0.15, 0.2) is 24.3 Å². The lowest BCUT2D eigenvalue weighted by Crippen LogP contribution is -2.30. The van der Waals surface area contributed by atoms with E-state index in [2.05, 4.69) is 17.2 Å². The number of imidazole rings is 1. The number of nitrogens with zero attached hydrogens (tertiary/aromatic N) is 3. The Hall–Kier alpha value is -2.37. The number of carbonyl (C=O) groups excluding carboxylic acids is 2. The summed E-state index contributed by atoms with van der Waals surface area (Å²) in [5.41, 5.74) is 1.90. The topological polar surface area (TPSA) is 67.2 Å². The van der Waals surface area contributed by atoms with E-state index in [0.29, 0.717) is 25.0 Å². The fourth-order valence-electron chi connectivity index (χ4n) is 3.48. The maximum atomic E-state index is 12.6. The van der Waals surface area contributed by atoms with Gasteiger partial charge in [0.25, 0.3) is 0 Å². The van der Waals surface area contributed by atoms with Crippen LogP contribution in [-0.2, 0) is 16.1 Å². The molecule has 6 heteroatoms. The summed E-state index contributed by atoms with van der Waals surface area (Å²) in [6, 6.07) is 8.26. The maximum absolute atomic E-state index is 12.6. The third-order valence-corrected chi connectivity index (χ3v) is 4.85. The highest BCUT2D eigenvalue weighted by Gasteiger charge is 2.41. The first-order chi connectivity index (χ1) is 11.7. The molecule has 6 nitrogen and oxygen atoms in total. The molecule has 0 unspecified atom stereocenters. The van der Waals surface area contributed by atoms with Crippen molar-refractivity contribution in [3.8, 4) is 0 Å². The Morgan fingerprint density at radius 3 is 2.88 bits per heavy atom. The van der Waals surface area contributed by atoms with Crippen molar-refractivity contribution >= 4 is 28.8 Å². The first-order valence-corrected chi connectivity index (χ1v) is 8.73. The number of carbonyl (C=O) groups is 2. The second-order valence-electron chi connectivity index (χ2n) is 6.74. The van der Waals surface area contributed by atoms with Gasteiger partial charge in [-0.25, -0.2) is 4.98 Å². The van der Waals surface area contributed by atoms with Crippen molar-refractivity contribution in [2.24, 2.45) is 5.92 Å². The van der Waals surface area contributed by atoms with Gasteiger partial charge in [0.05, 0.1) is 17.0 Å². The van der Waals surface area contributed by atoms with E-state index in [9.17, 15) is 9.59 Å². The van der Waals surface area contributed by atoms with E-state index in [1.807, 2.05) is 33.7 Å². The molecule has 2 heterocycles. The maximum Gasteiger partial charge on any atom is 0.232 e. The third-order valence-electron chi connectivity index (χ3n) is 4.85. The van der Waals surface area contributed by atoms with Crippen LogP contribution in [0, 0.1) is 5.92 Å². The molecule has 24 heavy (non-hydrogen) atoms. The minimum atomic E-state index is -0.270. The molecule has 2 aliphatic rings. The highest BCUT2D eigenvalue weighted by atomic mass is 16.2. The van der Waals surface area contributed by atoms with Crippen LogP contribution in [0.25, 0.3) is 11.0 Å². The minimum Gasteiger partial charge on any atom is -0.339 e. The molecule has 1 aromatic carbocycles. The molecule has 2 amide bonds. The van der Waals surface area contributed by atoms with Crippen LogP contribution in [0.4, 0.5) is 5.95 Å². The van der Waals surface area contributed by atoms with E-state index in [1.165, 1.54) is 0 Å². The van der Waals surface area contributed by atoms with Crippen LogP contribution >= 0.6 is 0 Å². The summed E-state index contributed by atoms with van der Waals surface area (Å²) in [6.45, 7) is 3.45. The molecule has 2 aromatic rings. The number of rotatable bonds is 5. The SMILES string of the molecule is CCCn1c(NC(=O)[C@H]2CC(=O)N(C3CC3)C2)nc2ccccc21. The summed E-state index contributed by atoms with van der Waals surface area (Å²) < 4.78 is 2.04. The number of fused-ring (bicyclic) bond motifs is 1. The van der Waals surface area contributed by atoms with Crippen molar-refractivity contribution in [1.82, 2.24) is 14.5 Å². The fourth-order valence-corrected chi connectivity index (χ4v) is 3.48. The Kier molecular flexibility index (Phi) is 3.75. The van der Waals surface area contributed by atoms with Gasteiger partial charge in [0.15, 0.2) is 0 Å². The van der Waals surface area contributed by atoms with E-state index in [1.54, 1.807) is 0 Å². The van der Waals surface area contributed by atoms with Gasteiger partial charge in [-0.1, -0.05) is 19.1 Å². The van der Waals surface area contributed by atoms with E-state index >= 15 is 0 Å². The first kappa shape index (κ1) is 15.2. The van der Waals surface area contributed by atoms with Gasteiger partial charge in [-0.2, -0.15) is 0 Å². The monoisotopic (exact) mass is 326 g/mol. The molecule has 0 spiro atoms. The lowest BCUT2D eigenvalue weighted by molar-refractivity contribution is -0.128. The average molecular weight is 326 g/mol. The number of para-hydroxylation sites is 2. The number of nitrogens with one attached hydrogen (secondary N) is 1. The van der Waals surface area contributed by atoms with Gasteiger partial charge in [0, 0.05) is 25.6 Å². The average Bonchev–Trinajstić information content (AvgIpc) is 3.26. The number of likely N-dealkylation sites (tertiary alicyclic amines) is 1. The van der Waals surface area contributed by atoms with Crippen LogP contribution in [0.5, 0.6) is 0 Å². The Balaban J connectivity index is 1.54. The van der Waals surface area contributed by atoms with E-state index in [4.69, 9.17) is 0 Å². The van der Waals surface area contributed by atoms with Crippen molar-refractivity contribution in [3.05, 3.63) is 24.3 Å². The van der Waals surface area contributed by atoms with E-state index < -0.39 is 0 Å². The predicted molar refractivity (Wildman–Crippen MR) is 91.5 cm³/mol. The van der Waals surface area contributed by atoms with Crippen LogP contribution in [-0.4, -0.2) is 38.9 Å². The van der Waals surface area contributed by atoms with Gasteiger partial charge in [0.1, 0.15) is 0 Å². The van der Waals surface area contributed by atoms with Crippen molar-refractivity contribution in [1.29, 1.82) is 0 Å². The number of hydrogen-bond acceptors (Lipinski definition) is 3. The summed E-state index contributed by atoms with van der Waals surface area (Å²) in [5, 5.41) is 2.96. The lowest BCUT2D eigenvalue weighted by atomic mass is 10.1.